The molecule has 0 bridgehead atoms. The molecule has 5 N–H and O–H groups in total. The average Bonchev–Trinajstić information content (AvgIpc) is 2.18. The van der Waals surface area contributed by atoms with Crippen LogP contribution < -0.4 is 11.5 Å². The van der Waals surface area contributed by atoms with Gasteiger partial charge in [0.05, 0.1) is 0 Å². The van der Waals surface area contributed by atoms with E-state index in [9.17, 15) is 5.11 Å². The van der Waals surface area contributed by atoms with Gasteiger partial charge in [0.25, 0.3) is 0 Å². The summed E-state index contributed by atoms with van der Waals surface area (Å²) >= 11 is 0. The monoisotopic (exact) mass is 230 g/mol. The van der Waals surface area contributed by atoms with Gasteiger partial charge in [0, 0.05) is 6.04 Å². The molecule has 86 valence electrons. The third kappa shape index (κ3) is 5.02. The van der Waals surface area contributed by atoms with Crippen LogP contribution in [0.3, 0.4) is 0 Å². The molecule has 1 aromatic rings. The van der Waals surface area contributed by atoms with E-state index in [2.05, 4.69) is 0 Å². The van der Waals surface area contributed by atoms with Gasteiger partial charge in [-0.25, -0.2) is 0 Å². The first-order valence-corrected chi connectivity index (χ1v) is 4.98. The number of rotatable bonds is 5. The predicted octanol–water partition coefficient (Wildman–Crippen LogP) is 1.94. The molecule has 0 aliphatic rings. The van der Waals surface area contributed by atoms with Crippen molar-refractivity contribution in [3.05, 3.63) is 29.8 Å². The van der Waals surface area contributed by atoms with E-state index in [1.54, 1.807) is 12.1 Å². The van der Waals surface area contributed by atoms with Crippen LogP contribution in [0.25, 0.3) is 0 Å². The molecule has 0 fully saturated rings. The molecule has 3 nitrogen and oxygen atoms in total. The highest BCUT2D eigenvalue weighted by Crippen LogP contribution is 2.20. The Morgan fingerprint density at radius 1 is 1.27 bits per heavy atom. The zero-order valence-electron chi connectivity index (χ0n) is 8.73. The normalized spacial score (nSPS) is 11.9. The molecule has 0 saturated heterocycles. The van der Waals surface area contributed by atoms with Crippen LogP contribution >= 0.6 is 12.4 Å². The van der Waals surface area contributed by atoms with Crippen LogP contribution in [0.2, 0.25) is 0 Å². The highest BCUT2D eigenvalue weighted by atomic mass is 35.5. The zero-order valence-corrected chi connectivity index (χ0v) is 9.54. The quantitative estimate of drug-likeness (QED) is 0.677. The maximum Gasteiger partial charge on any atom is 0.115 e. The number of phenols is 1. The highest BCUT2D eigenvalue weighted by molar-refractivity contribution is 5.85. The Bertz CT molecular complexity index is 281. The van der Waals surface area contributed by atoms with Crippen molar-refractivity contribution in [2.75, 3.05) is 6.54 Å². The number of hydrogen-bond donors (Lipinski definition) is 3. The Hall–Kier alpha value is -0.770. The Balaban J connectivity index is 0.00000196. The Morgan fingerprint density at radius 2 is 2.00 bits per heavy atom. The number of hydrogen-bond acceptors (Lipinski definition) is 3. The molecule has 1 atom stereocenters. The molecule has 0 saturated carbocycles. The fraction of sp³-hybridized carbons (Fsp3) is 0.455. The molecule has 0 aliphatic heterocycles. The maximum atomic E-state index is 9.26. The van der Waals surface area contributed by atoms with Crippen LogP contribution in [0.5, 0.6) is 5.75 Å². The van der Waals surface area contributed by atoms with Crippen LogP contribution in [-0.2, 0) is 0 Å². The maximum absolute atomic E-state index is 9.26. The van der Waals surface area contributed by atoms with Crippen molar-refractivity contribution in [3.8, 4) is 5.75 Å². The van der Waals surface area contributed by atoms with Crippen molar-refractivity contribution in [1.82, 2.24) is 0 Å². The summed E-state index contributed by atoms with van der Waals surface area (Å²) in [7, 11) is 0. The number of benzene rings is 1. The molecule has 15 heavy (non-hydrogen) atoms. The van der Waals surface area contributed by atoms with Gasteiger partial charge in [-0.1, -0.05) is 18.6 Å². The van der Waals surface area contributed by atoms with E-state index in [-0.39, 0.29) is 24.2 Å². The SMILES string of the molecule is Cl.NCCCC[C@H](N)c1cccc(O)c1. The van der Waals surface area contributed by atoms with E-state index in [4.69, 9.17) is 11.5 Å². The molecule has 0 aromatic heterocycles. The van der Waals surface area contributed by atoms with E-state index >= 15 is 0 Å². The van der Waals surface area contributed by atoms with E-state index in [1.165, 1.54) is 0 Å². The molecular weight excluding hydrogens is 212 g/mol. The predicted molar refractivity (Wildman–Crippen MR) is 65.2 cm³/mol. The molecule has 4 heteroatoms. The van der Waals surface area contributed by atoms with Gasteiger partial charge >= 0.3 is 0 Å². The van der Waals surface area contributed by atoms with E-state index in [0.29, 0.717) is 6.54 Å². The van der Waals surface area contributed by atoms with Crippen molar-refractivity contribution in [1.29, 1.82) is 0 Å². The van der Waals surface area contributed by atoms with E-state index in [0.717, 1.165) is 24.8 Å². The lowest BCUT2D eigenvalue weighted by Gasteiger charge is -2.11. The minimum absolute atomic E-state index is 0. The summed E-state index contributed by atoms with van der Waals surface area (Å²) in [5.74, 6) is 0.275. The second-order valence-electron chi connectivity index (χ2n) is 3.49. The highest BCUT2D eigenvalue weighted by Gasteiger charge is 2.05. The van der Waals surface area contributed by atoms with Gasteiger partial charge < -0.3 is 16.6 Å². The Labute approximate surface area is 96.9 Å². The number of aromatic hydroxyl groups is 1. The molecule has 0 unspecified atom stereocenters. The minimum atomic E-state index is 0. The lowest BCUT2D eigenvalue weighted by atomic mass is 10.0. The van der Waals surface area contributed by atoms with Gasteiger partial charge in [-0.05, 0) is 37.1 Å². The van der Waals surface area contributed by atoms with E-state index in [1.807, 2.05) is 12.1 Å². The average molecular weight is 231 g/mol. The molecule has 1 rings (SSSR count). The van der Waals surface area contributed by atoms with Gasteiger partial charge in [0.2, 0.25) is 0 Å². The molecule has 0 radical (unpaired) electrons. The first kappa shape index (κ1) is 14.2. The van der Waals surface area contributed by atoms with Crippen LogP contribution in [0.15, 0.2) is 24.3 Å². The number of halogens is 1. The topological polar surface area (TPSA) is 72.3 Å². The Kier molecular flexibility index (Phi) is 7.13. The minimum Gasteiger partial charge on any atom is -0.508 e. The number of unbranched alkanes of at least 4 members (excludes halogenated alkanes) is 1. The van der Waals surface area contributed by atoms with Gasteiger partial charge in [0.15, 0.2) is 0 Å². The Morgan fingerprint density at radius 3 is 2.60 bits per heavy atom. The molecule has 0 amide bonds. The number of nitrogens with two attached hydrogens (primary N) is 2. The fourth-order valence-corrected chi connectivity index (χ4v) is 1.43. The lowest BCUT2D eigenvalue weighted by molar-refractivity contribution is 0.473. The summed E-state index contributed by atoms with van der Waals surface area (Å²) < 4.78 is 0. The molecule has 0 heterocycles. The van der Waals surface area contributed by atoms with Crippen LogP contribution in [-0.4, -0.2) is 11.7 Å². The van der Waals surface area contributed by atoms with Crippen molar-refractivity contribution < 1.29 is 5.11 Å². The molecule has 0 aliphatic carbocycles. The van der Waals surface area contributed by atoms with Gasteiger partial charge in [0.1, 0.15) is 5.75 Å². The number of phenolic OH excluding ortho intramolecular Hbond substituents is 1. The smallest absolute Gasteiger partial charge is 0.115 e. The van der Waals surface area contributed by atoms with Crippen molar-refractivity contribution in [3.63, 3.8) is 0 Å². The van der Waals surface area contributed by atoms with Crippen LogP contribution in [0.4, 0.5) is 0 Å². The van der Waals surface area contributed by atoms with Gasteiger partial charge in [-0.3, -0.25) is 0 Å². The summed E-state index contributed by atoms with van der Waals surface area (Å²) in [6.45, 7) is 0.715. The molecular formula is C11H19ClN2O. The first-order chi connectivity index (χ1) is 6.74. The third-order valence-corrected chi connectivity index (χ3v) is 2.27. The summed E-state index contributed by atoms with van der Waals surface area (Å²) in [6.07, 6.45) is 2.96. The zero-order chi connectivity index (χ0) is 10.4. The van der Waals surface area contributed by atoms with E-state index < -0.39 is 0 Å². The van der Waals surface area contributed by atoms with Crippen molar-refractivity contribution in [2.24, 2.45) is 11.5 Å². The van der Waals surface area contributed by atoms with Crippen LogP contribution in [0, 0.1) is 0 Å². The molecule has 1 aromatic carbocycles. The standard InChI is InChI=1S/C11H18N2O.ClH/c12-7-2-1-6-11(13)9-4-3-5-10(14)8-9;/h3-5,8,11,14H,1-2,6-7,12-13H2;1H/t11-;/m0./s1. The second kappa shape index (κ2) is 7.51. The summed E-state index contributed by atoms with van der Waals surface area (Å²) in [6, 6.07) is 7.12. The van der Waals surface area contributed by atoms with Gasteiger partial charge in [-0.2, -0.15) is 0 Å². The second-order valence-corrected chi connectivity index (χ2v) is 3.49. The van der Waals surface area contributed by atoms with Crippen molar-refractivity contribution >= 4 is 12.4 Å². The summed E-state index contributed by atoms with van der Waals surface area (Å²) in [5, 5.41) is 9.26. The van der Waals surface area contributed by atoms with Crippen molar-refractivity contribution in [2.45, 2.75) is 25.3 Å². The first-order valence-electron chi connectivity index (χ1n) is 4.98. The lowest BCUT2D eigenvalue weighted by Crippen LogP contribution is -2.10. The summed E-state index contributed by atoms with van der Waals surface area (Å²) in [5.41, 5.74) is 12.3. The fourth-order valence-electron chi connectivity index (χ4n) is 1.43. The largest absolute Gasteiger partial charge is 0.508 e. The molecule has 0 spiro atoms. The van der Waals surface area contributed by atoms with Crippen LogP contribution in [0.1, 0.15) is 30.9 Å². The third-order valence-electron chi connectivity index (χ3n) is 2.27. The van der Waals surface area contributed by atoms with Gasteiger partial charge in [-0.15, -0.1) is 12.4 Å². The summed E-state index contributed by atoms with van der Waals surface area (Å²) in [4.78, 5) is 0.